The Morgan fingerprint density at radius 1 is 1.21 bits per heavy atom. The summed E-state index contributed by atoms with van der Waals surface area (Å²) in [7, 11) is 1.60. The molecule has 1 aliphatic rings. The molecule has 1 aromatic heterocycles. The van der Waals surface area contributed by atoms with Gasteiger partial charge in [-0.2, -0.15) is 0 Å². The number of fused-ring (bicyclic) bond motifs is 1. The van der Waals surface area contributed by atoms with Gasteiger partial charge < -0.3 is 24.4 Å². The zero-order chi connectivity index (χ0) is 24.3. The molecule has 180 valence electrons. The molecule has 1 aliphatic heterocycles. The van der Waals surface area contributed by atoms with Crippen LogP contribution in [0, 0.1) is 0 Å². The van der Waals surface area contributed by atoms with E-state index in [-0.39, 0.29) is 12.1 Å². The van der Waals surface area contributed by atoms with Gasteiger partial charge in [-0.25, -0.2) is 14.8 Å². The van der Waals surface area contributed by atoms with Crippen LogP contribution in [0.5, 0.6) is 11.5 Å². The van der Waals surface area contributed by atoms with Crippen molar-refractivity contribution in [3.05, 3.63) is 47.2 Å². The monoisotopic (exact) mass is 528 g/mol. The van der Waals surface area contributed by atoms with Gasteiger partial charge in [0.25, 0.3) is 0 Å². The predicted octanol–water partition coefficient (Wildman–Crippen LogP) is 5.92. The van der Waals surface area contributed by atoms with E-state index in [0.717, 1.165) is 33.9 Å². The topological polar surface area (TPSA) is 85.8 Å². The van der Waals surface area contributed by atoms with E-state index < -0.39 is 5.60 Å². The van der Waals surface area contributed by atoms with Crippen molar-refractivity contribution in [2.75, 3.05) is 25.6 Å². The molecular formula is C25H29BrN4O4. The number of nitrogens with zero attached hydrogens (tertiary/aromatic N) is 3. The van der Waals surface area contributed by atoms with Crippen LogP contribution in [-0.4, -0.2) is 52.9 Å². The van der Waals surface area contributed by atoms with E-state index in [0.29, 0.717) is 30.5 Å². The first kappa shape index (κ1) is 24.1. The second kappa shape index (κ2) is 10.0. The summed E-state index contributed by atoms with van der Waals surface area (Å²) >= 11 is 3.49. The smallest absolute Gasteiger partial charge is 0.410 e. The maximum Gasteiger partial charge on any atom is 0.410 e. The van der Waals surface area contributed by atoms with Crippen molar-refractivity contribution in [2.45, 2.75) is 45.3 Å². The molecule has 0 aliphatic carbocycles. The second-order valence-corrected chi connectivity index (χ2v) is 10.1. The Bertz CT molecular complexity index is 1180. The van der Waals surface area contributed by atoms with Crippen LogP contribution in [-0.2, 0) is 4.74 Å². The van der Waals surface area contributed by atoms with Gasteiger partial charge >= 0.3 is 6.09 Å². The number of halogens is 1. The number of nitrogens with one attached hydrogen (secondary N) is 1. The number of rotatable bonds is 6. The van der Waals surface area contributed by atoms with Crippen LogP contribution in [0.4, 0.5) is 16.3 Å². The van der Waals surface area contributed by atoms with Gasteiger partial charge in [-0.15, -0.1) is 0 Å². The molecule has 3 aromatic rings. The van der Waals surface area contributed by atoms with Crippen molar-refractivity contribution in [3.8, 4) is 11.5 Å². The number of likely N-dealkylation sites (tertiary alicyclic amines) is 1. The third-order valence-corrected chi connectivity index (χ3v) is 5.94. The molecule has 0 saturated carbocycles. The Kier molecular flexibility index (Phi) is 7.11. The largest absolute Gasteiger partial charge is 0.493 e. The van der Waals surface area contributed by atoms with Crippen LogP contribution in [0.1, 0.15) is 33.6 Å². The minimum absolute atomic E-state index is 0.0680. The lowest BCUT2D eigenvalue weighted by atomic mass is 10.2. The number of amides is 1. The highest BCUT2D eigenvalue weighted by molar-refractivity contribution is 9.10. The van der Waals surface area contributed by atoms with Crippen LogP contribution >= 0.6 is 15.9 Å². The SMILES string of the molecule is COc1cc2ncnc(Nc3cccc(Br)c3)c2cc1OC[C@H]1CCCN1C(=O)OC(C)(C)C. The number of benzene rings is 2. The standard InChI is InChI=1S/C25H29BrN4O4/c1-25(2,3)34-24(31)30-10-6-9-18(30)14-33-22-12-19-20(13-21(22)32-4)27-15-28-23(19)29-17-8-5-7-16(26)11-17/h5,7-8,11-13,15,18H,6,9-10,14H2,1-4H3,(H,27,28,29)/t18-/m1/s1. The summed E-state index contributed by atoms with van der Waals surface area (Å²) in [5, 5.41) is 4.15. The summed E-state index contributed by atoms with van der Waals surface area (Å²) in [4.78, 5) is 23.2. The number of methoxy groups -OCH3 is 1. The number of carbonyl (C=O) groups excluding carboxylic acids is 1. The molecule has 34 heavy (non-hydrogen) atoms. The lowest BCUT2D eigenvalue weighted by molar-refractivity contribution is 0.0187. The maximum absolute atomic E-state index is 12.6. The van der Waals surface area contributed by atoms with Crippen molar-refractivity contribution in [3.63, 3.8) is 0 Å². The zero-order valence-corrected chi connectivity index (χ0v) is 21.4. The van der Waals surface area contributed by atoms with Gasteiger partial charge in [0.1, 0.15) is 24.4 Å². The van der Waals surface area contributed by atoms with Crippen LogP contribution in [0.15, 0.2) is 47.2 Å². The van der Waals surface area contributed by atoms with Gasteiger partial charge in [0, 0.05) is 28.2 Å². The fourth-order valence-corrected chi connectivity index (χ4v) is 4.29. The molecule has 2 aromatic carbocycles. The third-order valence-electron chi connectivity index (χ3n) is 5.44. The van der Waals surface area contributed by atoms with E-state index in [1.807, 2.05) is 57.2 Å². The first-order valence-electron chi connectivity index (χ1n) is 11.2. The van der Waals surface area contributed by atoms with Crippen LogP contribution in [0.25, 0.3) is 10.9 Å². The molecular weight excluding hydrogens is 500 g/mol. The Labute approximate surface area is 207 Å². The number of anilines is 2. The number of hydrogen-bond donors (Lipinski definition) is 1. The average Bonchev–Trinajstić information content (AvgIpc) is 3.25. The van der Waals surface area contributed by atoms with Crippen molar-refractivity contribution in [2.24, 2.45) is 0 Å². The lowest BCUT2D eigenvalue weighted by Gasteiger charge is -2.28. The minimum Gasteiger partial charge on any atom is -0.493 e. The summed E-state index contributed by atoms with van der Waals surface area (Å²) in [5.41, 5.74) is 1.09. The highest BCUT2D eigenvalue weighted by Crippen LogP contribution is 2.35. The molecule has 9 heteroatoms. The normalized spacial score (nSPS) is 15.9. The molecule has 0 unspecified atom stereocenters. The van der Waals surface area contributed by atoms with Gasteiger partial charge in [0.2, 0.25) is 0 Å². The van der Waals surface area contributed by atoms with E-state index >= 15 is 0 Å². The minimum atomic E-state index is -0.537. The van der Waals surface area contributed by atoms with E-state index in [1.54, 1.807) is 12.0 Å². The molecule has 0 radical (unpaired) electrons. The number of carbonyl (C=O) groups is 1. The molecule has 0 spiro atoms. The number of ether oxygens (including phenoxy) is 3. The van der Waals surface area contributed by atoms with E-state index in [9.17, 15) is 4.79 Å². The third kappa shape index (κ3) is 5.70. The first-order valence-corrected chi connectivity index (χ1v) is 12.0. The van der Waals surface area contributed by atoms with E-state index in [1.165, 1.54) is 6.33 Å². The van der Waals surface area contributed by atoms with Crippen molar-refractivity contribution in [1.29, 1.82) is 0 Å². The van der Waals surface area contributed by atoms with Gasteiger partial charge in [0.05, 0.1) is 18.7 Å². The molecule has 2 heterocycles. The molecule has 4 rings (SSSR count). The molecule has 1 amide bonds. The average molecular weight is 529 g/mol. The highest BCUT2D eigenvalue weighted by atomic mass is 79.9. The molecule has 0 bridgehead atoms. The fourth-order valence-electron chi connectivity index (χ4n) is 3.89. The lowest BCUT2D eigenvalue weighted by Crippen LogP contribution is -2.42. The van der Waals surface area contributed by atoms with Crippen LogP contribution in [0.3, 0.4) is 0 Å². The van der Waals surface area contributed by atoms with Crippen molar-refractivity contribution < 1.29 is 19.0 Å². The summed E-state index contributed by atoms with van der Waals surface area (Å²) in [6.45, 7) is 6.60. The zero-order valence-electron chi connectivity index (χ0n) is 19.8. The Morgan fingerprint density at radius 2 is 2.03 bits per heavy atom. The van der Waals surface area contributed by atoms with Crippen LogP contribution in [0.2, 0.25) is 0 Å². The Morgan fingerprint density at radius 3 is 2.76 bits per heavy atom. The second-order valence-electron chi connectivity index (χ2n) is 9.16. The van der Waals surface area contributed by atoms with Gasteiger partial charge in [0.15, 0.2) is 11.5 Å². The first-order chi connectivity index (χ1) is 16.2. The quantitative estimate of drug-likeness (QED) is 0.424. The Hall–Kier alpha value is -3.07. The molecule has 8 nitrogen and oxygen atoms in total. The maximum atomic E-state index is 12.6. The number of aromatic nitrogens is 2. The number of hydrogen-bond acceptors (Lipinski definition) is 7. The highest BCUT2D eigenvalue weighted by Gasteiger charge is 2.32. The van der Waals surface area contributed by atoms with Gasteiger partial charge in [-0.1, -0.05) is 22.0 Å². The summed E-state index contributed by atoms with van der Waals surface area (Å²) < 4.78 is 18.3. The summed E-state index contributed by atoms with van der Waals surface area (Å²) in [6, 6.07) is 11.5. The van der Waals surface area contributed by atoms with Crippen LogP contribution < -0.4 is 14.8 Å². The Balaban J connectivity index is 1.56. The van der Waals surface area contributed by atoms with Gasteiger partial charge in [-0.3, -0.25) is 0 Å². The summed E-state index contributed by atoms with van der Waals surface area (Å²) in [5.74, 6) is 1.80. The molecule has 1 N–H and O–H groups in total. The fraction of sp³-hybridized carbons (Fsp3) is 0.400. The van der Waals surface area contributed by atoms with Crippen molar-refractivity contribution >= 4 is 44.4 Å². The van der Waals surface area contributed by atoms with Crippen molar-refractivity contribution in [1.82, 2.24) is 14.9 Å². The summed E-state index contributed by atoms with van der Waals surface area (Å²) in [6.07, 6.45) is 2.97. The molecule has 1 saturated heterocycles. The predicted molar refractivity (Wildman–Crippen MR) is 135 cm³/mol. The van der Waals surface area contributed by atoms with E-state index in [4.69, 9.17) is 14.2 Å². The van der Waals surface area contributed by atoms with Gasteiger partial charge in [-0.05, 0) is 57.9 Å². The molecule has 1 atom stereocenters. The molecule has 1 fully saturated rings. The van der Waals surface area contributed by atoms with E-state index in [2.05, 4.69) is 31.2 Å².